The predicted octanol–water partition coefficient (Wildman–Crippen LogP) is 0.400. The van der Waals surface area contributed by atoms with E-state index in [-0.39, 0.29) is 5.91 Å². The van der Waals surface area contributed by atoms with Crippen molar-refractivity contribution in [2.45, 2.75) is 50.6 Å². The highest BCUT2D eigenvalue weighted by Gasteiger charge is 2.45. The van der Waals surface area contributed by atoms with Gasteiger partial charge in [0.15, 0.2) is 0 Å². The van der Waals surface area contributed by atoms with Gasteiger partial charge in [-0.05, 0) is 44.6 Å². The molecule has 5 nitrogen and oxygen atoms in total. The van der Waals surface area contributed by atoms with Gasteiger partial charge < -0.3 is 16.0 Å². The third kappa shape index (κ3) is 3.41. The van der Waals surface area contributed by atoms with Crippen LogP contribution in [0.3, 0.4) is 0 Å². The SMILES string of the molecule is CCNC1(C(N)=O)CCC(N2CCN(CC3CC3)CC2)C1. The van der Waals surface area contributed by atoms with Crippen LogP contribution in [0.25, 0.3) is 0 Å². The van der Waals surface area contributed by atoms with Crippen molar-refractivity contribution >= 4 is 5.91 Å². The van der Waals surface area contributed by atoms with Crippen molar-refractivity contribution in [2.75, 3.05) is 39.3 Å². The van der Waals surface area contributed by atoms with Gasteiger partial charge in [0.05, 0.1) is 5.54 Å². The zero-order valence-electron chi connectivity index (χ0n) is 13.3. The fourth-order valence-corrected chi connectivity index (χ4v) is 4.12. The lowest BCUT2D eigenvalue weighted by Crippen LogP contribution is -2.55. The van der Waals surface area contributed by atoms with E-state index in [1.54, 1.807) is 0 Å². The van der Waals surface area contributed by atoms with E-state index >= 15 is 0 Å². The van der Waals surface area contributed by atoms with E-state index < -0.39 is 5.54 Å². The Bertz CT molecular complexity index is 376. The van der Waals surface area contributed by atoms with E-state index in [1.165, 1.54) is 32.5 Å². The van der Waals surface area contributed by atoms with Crippen LogP contribution in [0.4, 0.5) is 0 Å². The number of primary amides is 1. The summed E-state index contributed by atoms with van der Waals surface area (Å²) in [6.07, 6.45) is 5.75. The summed E-state index contributed by atoms with van der Waals surface area (Å²) in [6, 6.07) is 0.527. The van der Waals surface area contributed by atoms with Gasteiger partial charge >= 0.3 is 0 Å². The normalized spacial score (nSPS) is 35.2. The van der Waals surface area contributed by atoms with Crippen LogP contribution in [-0.2, 0) is 4.79 Å². The van der Waals surface area contributed by atoms with Crippen molar-refractivity contribution in [3.63, 3.8) is 0 Å². The number of likely N-dealkylation sites (N-methyl/N-ethyl adjacent to an activating group) is 1. The summed E-state index contributed by atoms with van der Waals surface area (Å²) in [5.74, 6) is 0.818. The number of amides is 1. The van der Waals surface area contributed by atoms with Gasteiger partial charge in [-0.15, -0.1) is 0 Å². The monoisotopic (exact) mass is 294 g/mol. The molecular weight excluding hydrogens is 264 g/mol. The average Bonchev–Trinajstić information content (AvgIpc) is 3.17. The summed E-state index contributed by atoms with van der Waals surface area (Å²) in [5, 5.41) is 3.36. The Kier molecular flexibility index (Phi) is 4.52. The van der Waals surface area contributed by atoms with Gasteiger partial charge in [0.1, 0.15) is 0 Å². The summed E-state index contributed by atoms with van der Waals surface area (Å²) in [7, 11) is 0. The molecule has 0 radical (unpaired) electrons. The molecule has 2 atom stereocenters. The lowest BCUT2D eigenvalue weighted by atomic mass is 9.96. The fourth-order valence-electron chi connectivity index (χ4n) is 4.12. The first-order valence-electron chi connectivity index (χ1n) is 8.64. The minimum absolute atomic E-state index is 0.167. The van der Waals surface area contributed by atoms with Gasteiger partial charge in [0, 0.05) is 38.8 Å². The molecule has 21 heavy (non-hydrogen) atoms. The third-order valence-corrected chi connectivity index (χ3v) is 5.61. The number of hydrogen-bond acceptors (Lipinski definition) is 4. The Balaban J connectivity index is 1.50. The Morgan fingerprint density at radius 2 is 1.95 bits per heavy atom. The highest BCUT2D eigenvalue weighted by molar-refractivity contribution is 5.85. The quantitative estimate of drug-likeness (QED) is 0.744. The summed E-state index contributed by atoms with van der Waals surface area (Å²) in [6.45, 7) is 8.85. The molecule has 0 aromatic carbocycles. The molecule has 2 unspecified atom stereocenters. The van der Waals surface area contributed by atoms with Gasteiger partial charge in [-0.1, -0.05) is 6.92 Å². The average molecular weight is 294 g/mol. The van der Waals surface area contributed by atoms with Crippen molar-refractivity contribution < 1.29 is 4.79 Å². The van der Waals surface area contributed by atoms with E-state index in [0.29, 0.717) is 6.04 Å². The van der Waals surface area contributed by atoms with Gasteiger partial charge in [-0.25, -0.2) is 0 Å². The summed E-state index contributed by atoms with van der Waals surface area (Å²) < 4.78 is 0. The van der Waals surface area contributed by atoms with Crippen LogP contribution in [0.15, 0.2) is 0 Å². The van der Waals surface area contributed by atoms with Crippen LogP contribution in [-0.4, -0.2) is 66.6 Å². The molecule has 120 valence electrons. The number of carbonyl (C=O) groups is 1. The first kappa shape index (κ1) is 15.3. The van der Waals surface area contributed by atoms with Crippen molar-refractivity contribution in [1.82, 2.24) is 15.1 Å². The molecular formula is C16H30N4O. The number of nitrogens with zero attached hydrogens (tertiary/aromatic N) is 2. The molecule has 1 saturated heterocycles. The minimum atomic E-state index is -0.454. The highest BCUT2D eigenvalue weighted by Crippen LogP contribution is 2.34. The van der Waals surface area contributed by atoms with Gasteiger partial charge in [-0.3, -0.25) is 9.69 Å². The highest BCUT2D eigenvalue weighted by atomic mass is 16.1. The molecule has 1 aliphatic heterocycles. The lowest BCUT2D eigenvalue weighted by Gasteiger charge is -2.38. The number of rotatable bonds is 6. The molecule has 1 heterocycles. The molecule has 2 aliphatic carbocycles. The van der Waals surface area contributed by atoms with E-state index in [2.05, 4.69) is 22.0 Å². The first-order valence-corrected chi connectivity index (χ1v) is 8.64. The molecule has 0 spiro atoms. The molecule has 3 N–H and O–H groups in total. The van der Waals surface area contributed by atoms with Crippen molar-refractivity contribution in [3.05, 3.63) is 0 Å². The molecule has 3 fully saturated rings. The second kappa shape index (κ2) is 6.23. The first-order chi connectivity index (χ1) is 10.1. The van der Waals surface area contributed by atoms with E-state index in [0.717, 1.165) is 44.8 Å². The van der Waals surface area contributed by atoms with E-state index in [4.69, 9.17) is 5.73 Å². The van der Waals surface area contributed by atoms with Crippen molar-refractivity contribution in [1.29, 1.82) is 0 Å². The Labute approximate surface area is 128 Å². The lowest BCUT2D eigenvalue weighted by molar-refractivity contribution is -0.124. The fraction of sp³-hybridized carbons (Fsp3) is 0.938. The largest absolute Gasteiger partial charge is 0.368 e. The van der Waals surface area contributed by atoms with Crippen molar-refractivity contribution in [2.24, 2.45) is 11.7 Å². The Morgan fingerprint density at radius 1 is 1.24 bits per heavy atom. The minimum Gasteiger partial charge on any atom is -0.368 e. The third-order valence-electron chi connectivity index (χ3n) is 5.61. The summed E-state index contributed by atoms with van der Waals surface area (Å²) in [5.41, 5.74) is 5.21. The van der Waals surface area contributed by atoms with Crippen LogP contribution < -0.4 is 11.1 Å². The smallest absolute Gasteiger partial charge is 0.237 e. The van der Waals surface area contributed by atoms with Crippen LogP contribution in [0, 0.1) is 5.92 Å². The van der Waals surface area contributed by atoms with Gasteiger partial charge in [0.2, 0.25) is 5.91 Å². The topological polar surface area (TPSA) is 61.6 Å². The molecule has 0 aromatic heterocycles. The second-order valence-corrected chi connectivity index (χ2v) is 7.15. The van der Waals surface area contributed by atoms with E-state index in [1.807, 2.05) is 0 Å². The molecule has 0 bridgehead atoms. The molecule has 2 saturated carbocycles. The van der Waals surface area contributed by atoms with Gasteiger partial charge in [-0.2, -0.15) is 0 Å². The second-order valence-electron chi connectivity index (χ2n) is 7.15. The summed E-state index contributed by atoms with van der Waals surface area (Å²) >= 11 is 0. The maximum atomic E-state index is 11.9. The number of piperazine rings is 1. The number of nitrogens with two attached hydrogens (primary N) is 1. The predicted molar refractivity (Wildman–Crippen MR) is 84.0 cm³/mol. The van der Waals surface area contributed by atoms with Crippen LogP contribution in [0.1, 0.15) is 39.0 Å². The Hall–Kier alpha value is -0.650. The zero-order valence-corrected chi connectivity index (χ0v) is 13.3. The molecule has 3 rings (SSSR count). The Morgan fingerprint density at radius 3 is 2.52 bits per heavy atom. The standard InChI is InChI=1S/C16H30N4O/c1-2-18-16(15(17)21)6-5-14(11-16)20-9-7-19(8-10-20)12-13-3-4-13/h13-14,18H,2-12H2,1H3,(H2,17,21). The number of hydrogen-bond donors (Lipinski definition) is 2. The molecule has 5 heteroatoms. The maximum Gasteiger partial charge on any atom is 0.237 e. The number of carbonyl (C=O) groups excluding carboxylic acids is 1. The van der Waals surface area contributed by atoms with Crippen LogP contribution in [0.2, 0.25) is 0 Å². The van der Waals surface area contributed by atoms with E-state index in [9.17, 15) is 4.79 Å². The molecule has 0 aromatic rings. The maximum absolute atomic E-state index is 11.9. The number of nitrogens with one attached hydrogen (secondary N) is 1. The summed E-state index contributed by atoms with van der Waals surface area (Å²) in [4.78, 5) is 17.1. The molecule has 1 amide bonds. The van der Waals surface area contributed by atoms with Crippen LogP contribution >= 0.6 is 0 Å². The van der Waals surface area contributed by atoms with Gasteiger partial charge in [0.25, 0.3) is 0 Å². The zero-order chi connectivity index (χ0) is 14.9. The van der Waals surface area contributed by atoms with Crippen molar-refractivity contribution in [3.8, 4) is 0 Å². The molecule has 3 aliphatic rings. The van der Waals surface area contributed by atoms with Crippen LogP contribution in [0.5, 0.6) is 0 Å².